The lowest BCUT2D eigenvalue weighted by molar-refractivity contribution is 0.653. The average molecular weight is 284 g/mol. The van der Waals surface area contributed by atoms with Gasteiger partial charge in [0.25, 0.3) is 0 Å². The first-order chi connectivity index (χ1) is 10.7. The molecule has 0 amide bonds. The van der Waals surface area contributed by atoms with E-state index in [1.54, 1.807) is 0 Å². The summed E-state index contributed by atoms with van der Waals surface area (Å²) in [6.45, 7) is 4.60. The molecule has 0 bridgehead atoms. The number of furan rings is 1. The molecule has 3 aromatic carbocycles. The maximum absolute atomic E-state index is 6.25. The molecule has 1 heterocycles. The van der Waals surface area contributed by atoms with E-state index < -0.39 is 0 Å². The lowest BCUT2D eigenvalue weighted by Crippen LogP contribution is -2.14. The average Bonchev–Trinajstić information content (AvgIpc) is 3.02. The summed E-state index contributed by atoms with van der Waals surface area (Å²) in [6, 6.07) is 21.5. The van der Waals surface area contributed by atoms with Crippen LogP contribution in [0.1, 0.15) is 25.0 Å². The van der Waals surface area contributed by atoms with E-state index in [1.165, 1.54) is 33.0 Å². The molecule has 0 N–H and O–H groups in total. The Morgan fingerprint density at radius 1 is 0.727 bits per heavy atom. The van der Waals surface area contributed by atoms with Gasteiger partial charge in [-0.2, -0.15) is 0 Å². The van der Waals surface area contributed by atoms with E-state index in [0.717, 1.165) is 11.2 Å². The summed E-state index contributed by atoms with van der Waals surface area (Å²) in [4.78, 5) is 0. The smallest absolute Gasteiger partial charge is 0.143 e. The predicted molar refractivity (Wildman–Crippen MR) is 91.3 cm³/mol. The molecule has 0 fully saturated rings. The van der Waals surface area contributed by atoms with E-state index >= 15 is 0 Å². The van der Waals surface area contributed by atoms with Crippen LogP contribution in [0.4, 0.5) is 0 Å². The highest BCUT2D eigenvalue weighted by molar-refractivity contribution is 6.11. The summed E-state index contributed by atoms with van der Waals surface area (Å²) in [5.41, 5.74) is 7.35. The van der Waals surface area contributed by atoms with Gasteiger partial charge < -0.3 is 4.42 Å². The normalized spacial score (nSPS) is 15.2. The first-order valence-electron chi connectivity index (χ1n) is 7.72. The van der Waals surface area contributed by atoms with Gasteiger partial charge in [0.1, 0.15) is 11.2 Å². The van der Waals surface area contributed by atoms with Crippen LogP contribution in [0.25, 0.3) is 33.1 Å². The molecule has 0 saturated carbocycles. The summed E-state index contributed by atoms with van der Waals surface area (Å²) in [7, 11) is 0. The molecule has 106 valence electrons. The molecule has 0 radical (unpaired) electrons. The van der Waals surface area contributed by atoms with Gasteiger partial charge in [-0.05, 0) is 22.8 Å². The molecule has 1 nitrogen and oxygen atoms in total. The molecule has 0 saturated heterocycles. The highest BCUT2D eigenvalue weighted by atomic mass is 16.3. The fourth-order valence-electron chi connectivity index (χ4n) is 3.97. The van der Waals surface area contributed by atoms with E-state index in [9.17, 15) is 0 Å². The monoisotopic (exact) mass is 284 g/mol. The van der Waals surface area contributed by atoms with Crippen molar-refractivity contribution in [2.45, 2.75) is 19.3 Å². The van der Waals surface area contributed by atoms with Gasteiger partial charge in [0, 0.05) is 21.8 Å². The first kappa shape index (κ1) is 12.0. The molecule has 0 unspecified atom stereocenters. The second-order valence-corrected chi connectivity index (χ2v) is 6.63. The van der Waals surface area contributed by atoms with Gasteiger partial charge in [-0.15, -0.1) is 0 Å². The summed E-state index contributed by atoms with van der Waals surface area (Å²) in [5, 5.41) is 2.41. The van der Waals surface area contributed by atoms with E-state index in [1.807, 2.05) is 12.1 Å². The van der Waals surface area contributed by atoms with Crippen molar-refractivity contribution in [1.82, 2.24) is 0 Å². The van der Waals surface area contributed by atoms with Crippen molar-refractivity contribution in [2.75, 3.05) is 0 Å². The summed E-state index contributed by atoms with van der Waals surface area (Å²) >= 11 is 0. The number of rotatable bonds is 0. The molecule has 0 atom stereocenters. The molecule has 0 aliphatic heterocycles. The zero-order chi connectivity index (χ0) is 14.9. The third-order valence-electron chi connectivity index (χ3n) is 5.09. The number of hydrogen-bond acceptors (Lipinski definition) is 1. The van der Waals surface area contributed by atoms with Gasteiger partial charge in [-0.25, -0.2) is 0 Å². The van der Waals surface area contributed by atoms with Crippen molar-refractivity contribution < 1.29 is 4.42 Å². The predicted octanol–water partition coefficient (Wildman–Crippen LogP) is 5.89. The van der Waals surface area contributed by atoms with Crippen LogP contribution in [0.2, 0.25) is 0 Å². The molecule has 1 heteroatoms. The van der Waals surface area contributed by atoms with Crippen molar-refractivity contribution in [3.8, 4) is 11.1 Å². The Kier molecular flexibility index (Phi) is 2.08. The topological polar surface area (TPSA) is 13.1 Å². The van der Waals surface area contributed by atoms with E-state index in [4.69, 9.17) is 4.42 Å². The van der Waals surface area contributed by atoms with E-state index in [0.29, 0.717) is 0 Å². The van der Waals surface area contributed by atoms with Crippen LogP contribution in [0.5, 0.6) is 0 Å². The molecule has 1 aliphatic carbocycles. The molecule has 1 aromatic heterocycles. The first-order valence-corrected chi connectivity index (χ1v) is 7.72. The number of fused-ring (bicyclic) bond motifs is 7. The highest BCUT2D eigenvalue weighted by Crippen LogP contribution is 2.52. The Labute approximate surface area is 129 Å². The molecule has 4 aromatic rings. The maximum Gasteiger partial charge on any atom is 0.143 e. The van der Waals surface area contributed by atoms with E-state index in [2.05, 4.69) is 62.4 Å². The van der Waals surface area contributed by atoms with Crippen LogP contribution < -0.4 is 0 Å². The van der Waals surface area contributed by atoms with Crippen molar-refractivity contribution in [3.63, 3.8) is 0 Å². The van der Waals surface area contributed by atoms with Crippen LogP contribution in [-0.4, -0.2) is 0 Å². The zero-order valence-electron chi connectivity index (χ0n) is 12.7. The second kappa shape index (κ2) is 3.80. The van der Waals surface area contributed by atoms with Crippen molar-refractivity contribution in [1.29, 1.82) is 0 Å². The minimum atomic E-state index is 0.0269. The third kappa shape index (κ3) is 1.29. The number of para-hydroxylation sites is 1. The molecule has 0 spiro atoms. The summed E-state index contributed by atoms with van der Waals surface area (Å²) < 4.78 is 6.25. The van der Waals surface area contributed by atoms with Crippen molar-refractivity contribution >= 4 is 21.9 Å². The Balaban J connectivity index is 2.02. The van der Waals surface area contributed by atoms with Gasteiger partial charge in [-0.1, -0.05) is 68.4 Å². The molecular weight excluding hydrogens is 268 g/mol. The largest absolute Gasteiger partial charge is 0.455 e. The fourth-order valence-corrected chi connectivity index (χ4v) is 3.97. The fraction of sp³-hybridized carbons (Fsp3) is 0.143. The van der Waals surface area contributed by atoms with E-state index in [-0.39, 0.29) is 5.41 Å². The van der Waals surface area contributed by atoms with Crippen molar-refractivity contribution in [3.05, 3.63) is 71.8 Å². The summed E-state index contributed by atoms with van der Waals surface area (Å²) in [6.07, 6.45) is 0. The standard InChI is InChI=1S/C21H16O/c1-21(2)16-9-5-3-8-15(16)19-17(21)12-11-14-13-7-4-6-10-18(13)22-20(14)19/h3-12H,1-2H3. The third-order valence-corrected chi connectivity index (χ3v) is 5.09. The minimum Gasteiger partial charge on any atom is -0.455 e. The van der Waals surface area contributed by atoms with Gasteiger partial charge in [0.2, 0.25) is 0 Å². The Bertz CT molecular complexity index is 1050. The minimum absolute atomic E-state index is 0.0269. The molecular formula is C21H16O. The summed E-state index contributed by atoms with van der Waals surface area (Å²) in [5.74, 6) is 0. The lowest BCUT2D eigenvalue weighted by atomic mass is 9.82. The number of benzene rings is 3. The Morgan fingerprint density at radius 3 is 2.41 bits per heavy atom. The van der Waals surface area contributed by atoms with Crippen LogP contribution in [0.15, 0.2) is 65.1 Å². The van der Waals surface area contributed by atoms with Gasteiger partial charge in [0.15, 0.2) is 0 Å². The molecule has 5 rings (SSSR count). The van der Waals surface area contributed by atoms with Crippen LogP contribution >= 0.6 is 0 Å². The quantitative estimate of drug-likeness (QED) is 0.392. The Hall–Kier alpha value is -2.54. The maximum atomic E-state index is 6.25. The van der Waals surface area contributed by atoms with Crippen molar-refractivity contribution in [2.24, 2.45) is 0 Å². The molecule has 1 aliphatic rings. The highest BCUT2D eigenvalue weighted by Gasteiger charge is 2.37. The second-order valence-electron chi connectivity index (χ2n) is 6.63. The van der Waals surface area contributed by atoms with Crippen LogP contribution in [-0.2, 0) is 5.41 Å². The van der Waals surface area contributed by atoms with Gasteiger partial charge >= 0.3 is 0 Å². The van der Waals surface area contributed by atoms with Gasteiger partial charge in [-0.3, -0.25) is 0 Å². The molecule has 22 heavy (non-hydrogen) atoms. The SMILES string of the molecule is CC1(C)c2ccccc2-c2c1ccc1c2oc2ccccc21. The van der Waals surface area contributed by atoms with Crippen LogP contribution in [0.3, 0.4) is 0 Å². The number of hydrogen-bond donors (Lipinski definition) is 0. The lowest BCUT2D eigenvalue weighted by Gasteiger charge is -2.21. The zero-order valence-corrected chi connectivity index (χ0v) is 12.7. The van der Waals surface area contributed by atoms with Crippen LogP contribution in [0, 0.1) is 0 Å². The van der Waals surface area contributed by atoms with Gasteiger partial charge in [0.05, 0.1) is 0 Å². The Morgan fingerprint density at radius 2 is 1.50 bits per heavy atom.